The molecule has 0 aliphatic carbocycles. The van der Waals surface area contributed by atoms with Crippen molar-refractivity contribution in [2.45, 2.75) is 13.5 Å². The number of aryl methyl sites for hydroxylation is 2. The zero-order valence-corrected chi connectivity index (χ0v) is 10.3. The number of aromatic nitrogens is 2. The molecule has 86 valence electrons. The Morgan fingerprint density at radius 1 is 1.25 bits per heavy atom. The molecule has 3 nitrogen and oxygen atoms in total. The molecule has 0 unspecified atom stereocenters. The Balaban J connectivity index is 0.00000128. The average molecular weight is 238 g/mol. The van der Waals surface area contributed by atoms with Gasteiger partial charge in [-0.15, -0.1) is 12.4 Å². The first-order valence-corrected chi connectivity index (χ1v) is 5.04. The summed E-state index contributed by atoms with van der Waals surface area (Å²) in [5, 5.41) is 7.62. The molecule has 0 aliphatic rings. The summed E-state index contributed by atoms with van der Waals surface area (Å²) >= 11 is 0. The molecular formula is C12H16ClN3. The minimum absolute atomic E-state index is 0. The van der Waals surface area contributed by atoms with Crippen LogP contribution in [0.5, 0.6) is 0 Å². The highest BCUT2D eigenvalue weighted by atomic mass is 35.5. The third kappa shape index (κ3) is 3.00. The van der Waals surface area contributed by atoms with Crippen LogP contribution in [0.1, 0.15) is 11.3 Å². The van der Waals surface area contributed by atoms with Gasteiger partial charge in [0.2, 0.25) is 0 Å². The second kappa shape index (κ2) is 5.56. The first-order valence-electron chi connectivity index (χ1n) is 5.04. The number of halogens is 1. The molecule has 0 aliphatic heterocycles. The van der Waals surface area contributed by atoms with Gasteiger partial charge in [0, 0.05) is 25.4 Å². The monoisotopic (exact) mass is 237 g/mol. The summed E-state index contributed by atoms with van der Waals surface area (Å²) in [4.78, 5) is 0. The van der Waals surface area contributed by atoms with Crippen molar-refractivity contribution in [3.63, 3.8) is 0 Å². The van der Waals surface area contributed by atoms with E-state index >= 15 is 0 Å². The summed E-state index contributed by atoms with van der Waals surface area (Å²) in [7, 11) is 1.95. The summed E-state index contributed by atoms with van der Waals surface area (Å²) in [5.74, 6) is 0.929. The summed E-state index contributed by atoms with van der Waals surface area (Å²) < 4.78 is 1.87. The van der Waals surface area contributed by atoms with Crippen LogP contribution >= 0.6 is 12.4 Å². The molecule has 1 aromatic carbocycles. The van der Waals surface area contributed by atoms with Crippen LogP contribution in [0.3, 0.4) is 0 Å². The number of anilines is 1. The molecule has 1 heterocycles. The molecule has 0 bridgehead atoms. The van der Waals surface area contributed by atoms with Crippen molar-refractivity contribution in [1.82, 2.24) is 9.78 Å². The number of hydrogen-bond donors (Lipinski definition) is 1. The number of nitrogens with one attached hydrogen (secondary N) is 1. The second-order valence-electron chi connectivity index (χ2n) is 3.63. The van der Waals surface area contributed by atoms with Gasteiger partial charge in [-0.1, -0.05) is 30.3 Å². The van der Waals surface area contributed by atoms with E-state index in [1.54, 1.807) is 0 Å². The number of nitrogens with zero attached hydrogens (tertiary/aromatic N) is 2. The molecule has 2 rings (SSSR count). The van der Waals surface area contributed by atoms with E-state index in [-0.39, 0.29) is 12.4 Å². The van der Waals surface area contributed by atoms with Gasteiger partial charge in [0.05, 0.1) is 0 Å². The lowest BCUT2D eigenvalue weighted by Gasteiger charge is -2.01. The van der Waals surface area contributed by atoms with Crippen LogP contribution in [0.4, 0.5) is 5.82 Å². The molecule has 0 amide bonds. The predicted octanol–water partition coefficient (Wildman–Crippen LogP) is 2.76. The fraction of sp³-hybridized carbons (Fsp3) is 0.250. The molecule has 0 radical (unpaired) electrons. The molecule has 0 atom stereocenters. The largest absolute Gasteiger partial charge is 0.365 e. The highest BCUT2D eigenvalue weighted by molar-refractivity contribution is 5.85. The number of rotatable bonds is 3. The molecule has 0 fully saturated rings. The summed E-state index contributed by atoms with van der Waals surface area (Å²) in [6, 6.07) is 12.4. The fourth-order valence-electron chi connectivity index (χ4n) is 1.44. The first-order chi connectivity index (χ1) is 7.25. The quantitative estimate of drug-likeness (QED) is 0.890. The fourth-order valence-corrected chi connectivity index (χ4v) is 1.44. The van der Waals surface area contributed by atoms with E-state index in [0.717, 1.165) is 18.1 Å². The van der Waals surface area contributed by atoms with Crippen molar-refractivity contribution in [1.29, 1.82) is 0 Å². The van der Waals surface area contributed by atoms with Crippen molar-refractivity contribution < 1.29 is 0 Å². The van der Waals surface area contributed by atoms with E-state index in [0.29, 0.717) is 0 Å². The zero-order valence-electron chi connectivity index (χ0n) is 9.47. The molecular weight excluding hydrogens is 222 g/mol. The Bertz CT molecular complexity index is 417. The van der Waals surface area contributed by atoms with Gasteiger partial charge in [0.1, 0.15) is 5.82 Å². The van der Waals surface area contributed by atoms with Gasteiger partial charge in [0.25, 0.3) is 0 Å². The third-order valence-corrected chi connectivity index (χ3v) is 2.43. The molecule has 4 heteroatoms. The molecule has 0 spiro atoms. The summed E-state index contributed by atoms with van der Waals surface area (Å²) in [6.07, 6.45) is 0. The molecule has 1 aromatic heterocycles. The SMILES string of the molecule is Cc1cc(NCc2ccccc2)nn1C.Cl. The van der Waals surface area contributed by atoms with E-state index < -0.39 is 0 Å². The Morgan fingerprint density at radius 3 is 2.50 bits per heavy atom. The van der Waals surface area contributed by atoms with Crippen LogP contribution < -0.4 is 5.32 Å². The Hall–Kier alpha value is -1.48. The lowest BCUT2D eigenvalue weighted by molar-refractivity contribution is 0.741. The lowest BCUT2D eigenvalue weighted by Crippen LogP contribution is -2.00. The molecule has 0 saturated heterocycles. The third-order valence-electron chi connectivity index (χ3n) is 2.43. The number of hydrogen-bond acceptors (Lipinski definition) is 2. The van der Waals surface area contributed by atoms with Crippen LogP contribution in [0.15, 0.2) is 36.4 Å². The van der Waals surface area contributed by atoms with Gasteiger partial charge in [-0.25, -0.2) is 0 Å². The first kappa shape index (κ1) is 12.6. The predicted molar refractivity (Wildman–Crippen MR) is 69.0 cm³/mol. The van der Waals surface area contributed by atoms with Crippen molar-refractivity contribution in [2.24, 2.45) is 7.05 Å². The maximum Gasteiger partial charge on any atom is 0.148 e. The summed E-state index contributed by atoms with van der Waals surface area (Å²) in [5.41, 5.74) is 2.42. The van der Waals surface area contributed by atoms with Crippen LogP contribution in [-0.4, -0.2) is 9.78 Å². The van der Waals surface area contributed by atoms with Crippen molar-refractivity contribution in [2.75, 3.05) is 5.32 Å². The van der Waals surface area contributed by atoms with Gasteiger partial charge in [0.15, 0.2) is 0 Å². The highest BCUT2D eigenvalue weighted by Crippen LogP contribution is 2.08. The average Bonchev–Trinajstić information content (AvgIpc) is 2.57. The molecule has 16 heavy (non-hydrogen) atoms. The van der Waals surface area contributed by atoms with Crippen LogP contribution in [0, 0.1) is 6.92 Å². The van der Waals surface area contributed by atoms with Gasteiger partial charge < -0.3 is 5.32 Å². The Kier molecular flexibility index (Phi) is 4.38. The van der Waals surface area contributed by atoms with E-state index in [2.05, 4.69) is 22.5 Å². The van der Waals surface area contributed by atoms with Gasteiger partial charge in [-0.2, -0.15) is 5.10 Å². The van der Waals surface area contributed by atoms with Gasteiger partial charge >= 0.3 is 0 Å². The standard InChI is InChI=1S/C12H15N3.ClH/c1-10-8-12(14-15(10)2)13-9-11-6-4-3-5-7-11;/h3-8H,9H2,1-2H3,(H,13,14);1H. The van der Waals surface area contributed by atoms with Crippen molar-refractivity contribution in [3.05, 3.63) is 47.7 Å². The van der Waals surface area contributed by atoms with E-state index in [9.17, 15) is 0 Å². The van der Waals surface area contributed by atoms with Crippen LogP contribution in [0.2, 0.25) is 0 Å². The summed E-state index contributed by atoms with van der Waals surface area (Å²) in [6.45, 7) is 2.86. The van der Waals surface area contributed by atoms with E-state index in [1.165, 1.54) is 5.56 Å². The molecule has 2 aromatic rings. The normalized spacial score (nSPS) is 9.62. The topological polar surface area (TPSA) is 29.9 Å². The molecule has 0 saturated carbocycles. The smallest absolute Gasteiger partial charge is 0.148 e. The molecule has 1 N–H and O–H groups in total. The highest BCUT2D eigenvalue weighted by Gasteiger charge is 1.99. The minimum atomic E-state index is 0. The Labute approximate surface area is 102 Å². The van der Waals surface area contributed by atoms with Gasteiger partial charge in [-0.3, -0.25) is 4.68 Å². The van der Waals surface area contributed by atoms with Crippen LogP contribution in [0.25, 0.3) is 0 Å². The minimum Gasteiger partial charge on any atom is -0.365 e. The maximum absolute atomic E-state index is 4.33. The maximum atomic E-state index is 4.33. The van der Waals surface area contributed by atoms with E-state index in [4.69, 9.17) is 0 Å². The Morgan fingerprint density at radius 2 is 1.94 bits per heavy atom. The van der Waals surface area contributed by atoms with Crippen LogP contribution in [-0.2, 0) is 13.6 Å². The van der Waals surface area contributed by atoms with E-state index in [1.807, 2.05) is 42.9 Å². The van der Waals surface area contributed by atoms with Crippen molar-refractivity contribution in [3.8, 4) is 0 Å². The lowest BCUT2D eigenvalue weighted by atomic mass is 10.2. The van der Waals surface area contributed by atoms with Gasteiger partial charge in [-0.05, 0) is 12.5 Å². The number of benzene rings is 1. The zero-order chi connectivity index (χ0) is 10.7. The van der Waals surface area contributed by atoms with Crippen molar-refractivity contribution >= 4 is 18.2 Å². The second-order valence-corrected chi connectivity index (χ2v) is 3.63.